The maximum absolute atomic E-state index is 11.1. The minimum Gasteiger partial charge on any atom is -0.466 e. The summed E-state index contributed by atoms with van der Waals surface area (Å²) in [5.41, 5.74) is 0.786. The van der Waals surface area contributed by atoms with Gasteiger partial charge in [0.2, 0.25) is 0 Å². The van der Waals surface area contributed by atoms with Gasteiger partial charge in [-0.15, -0.1) is 0 Å². The number of hydrogen-bond donors (Lipinski definition) is 0. The molecule has 29 heavy (non-hydrogen) atoms. The van der Waals surface area contributed by atoms with Crippen molar-refractivity contribution in [2.24, 2.45) is 0 Å². The number of hydrogen-bond acceptors (Lipinski definition) is 9. The van der Waals surface area contributed by atoms with Gasteiger partial charge in [-0.1, -0.05) is 33.8 Å². The van der Waals surface area contributed by atoms with Crippen molar-refractivity contribution >= 4 is 30.5 Å². The molecule has 0 aliphatic carbocycles. The summed E-state index contributed by atoms with van der Waals surface area (Å²) in [7, 11) is 0. The molecule has 0 saturated carbocycles. The van der Waals surface area contributed by atoms with Crippen LogP contribution in [0.1, 0.15) is 73.6 Å². The van der Waals surface area contributed by atoms with E-state index in [2.05, 4.69) is 4.74 Å². The van der Waals surface area contributed by atoms with Crippen LogP contribution in [0.5, 0.6) is 0 Å². The molecule has 0 N–H and O–H groups in total. The summed E-state index contributed by atoms with van der Waals surface area (Å²) >= 11 is 0. The summed E-state index contributed by atoms with van der Waals surface area (Å²) in [5.74, 6) is -0.258. The lowest BCUT2D eigenvalue weighted by molar-refractivity contribution is -0.193. The standard InChI is InChI=1S/C9H16O2.C6H12O2.C3H6O.2CO2/c1-4-7-8(5-2)9(10)11-6-3;1-3-5-6(7)8-4-2;1-2-3-4;2*2-1-3/h7H,4-6H2,1-3H3;3-5H2,1-2H3;3H,2H2,1H3;;/b8-7-;;;;. The van der Waals surface area contributed by atoms with Gasteiger partial charge in [-0.3, -0.25) is 4.79 Å². The highest BCUT2D eigenvalue weighted by Crippen LogP contribution is 2.04. The molecule has 0 bridgehead atoms. The lowest BCUT2D eigenvalue weighted by Crippen LogP contribution is -2.06. The van der Waals surface area contributed by atoms with Gasteiger partial charge >= 0.3 is 24.2 Å². The van der Waals surface area contributed by atoms with Crippen LogP contribution in [-0.4, -0.2) is 43.7 Å². The quantitative estimate of drug-likeness (QED) is 0.330. The third-order valence-electron chi connectivity index (χ3n) is 2.30. The van der Waals surface area contributed by atoms with E-state index < -0.39 is 0 Å². The van der Waals surface area contributed by atoms with Crippen molar-refractivity contribution in [2.45, 2.75) is 73.6 Å². The number of ether oxygens (including phenoxy) is 2. The average Bonchev–Trinajstić information content (AvgIpc) is 2.68. The molecule has 0 saturated heterocycles. The Kier molecular flexibility index (Phi) is 50.9. The highest BCUT2D eigenvalue weighted by molar-refractivity contribution is 5.88. The van der Waals surface area contributed by atoms with E-state index in [-0.39, 0.29) is 24.2 Å². The van der Waals surface area contributed by atoms with Crippen LogP contribution in [0, 0.1) is 0 Å². The zero-order chi connectivity index (χ0) is 23.9. The Morgan fingerprint density at radius 3 is 1.45 bits per heavy atom. The zero-order valence-electron chi connectivity index (χ0n) is 18.3. The zero-order valence-corrected chi connectivity index (χ0v) is 18.3. The van der Waals surface area contributed by atoms with Gasteiger partial charge in [0.15, 0.2) is 0 Å². The summed E-state index contributed by atoms with van der Waals surface area (Å²) in [6.07, 6.45) is 7.00. The molecular weight excluding hydrogens is 384 g/mol. The van der Waals surface area contributed by atoms with Crippen LogP contribution in [0.2, 0.25) is 0 Å². The molecule has 168 valence electrons. The van der Waals surface area contributed by atoms with E-state index >= 15 is 0 Å². The summed E-state index contributed by atoms with van der Waals surface area (Å²) < 4.78 is 9.48. The largest absolute Gasteiger partial charge is 0.466 e. The predicted molar refractivity (Wildman–Crippen MR) is 103 cm³/mol. The number of rotatable bonds is 8. The molecule has 0 heterocycles. The second kappa shape index (κ2) is 40.0. The molecule has 9 nitrogen and oxygen atoms in total. The molecule has 0 amide bonds. The normalized spacial score (nSPS) is 8.14. The van der Waals surface area contributed by atoms with Gasteiger partial charge in [0, 0.05) is 18.4 Å². The number of aldehydes is 1. The second-order valence-electron chi connectivity index (χ2n) is 4.51. The third-order valence-corrected chi connectivity index (χ3v) is 2.30. The summed E-state index contributed by atoms with van der Waals surface area (Å²) in [6.45, 7) is 12.3. The van der Waals surface area contributed by atoms with Crippen molar-refractivity contribution < 1.29 is 43.0 Å². The van der Waals surface area contributed by atoms with Crippen molar-refractivity contribution in [3.05, 3.63) is 11.6 Å². The smallest absolute Gasteiger partial charge is 0.373 e. The van der Waals surface area contributed by atoms with Crippen LogP contribution in [0.25, 0.3) is 0 Å². The van der Waals surface area contributed by atoms with Gasteiger partial charge < -0.3 is 14.3 Å². The van der Waals surface area contributed by atoms with Gasteiger partial charge in [-0.25, -0.2) is 4.79 Å². The molecule has 9 heteroatoms. The number of allylic oxidation sites excluding steroid dienone is 1. The van der Waals surface area contributed by atoms with E-state index in [1.165, 1.54) is 0 Å². The van der Waals surface area contributed by atoms with Gasteiger partial charge in [0.1, 0.15) is 6.29 Å². The van der Waals surface area contributed by atoms with Crippen LogP contribution in [0.4, 0.5) is 0 Å². The maximum Gasteiger partial charge on any atom is 0.373 e. The fraction of sp³-hybridized carbons (Fsp3) is 0.650. The minimum atomic E-state index is -0.170. The highest BCUT2D eigenvalue weighted by Gasteiger charge is 2.05. The Balaban J connectivity index is -0.0000000930. The first-order valence-corrected chi connectivity index (χ1v) is 9.25. The minimum absolute atomic E-state index is 0.0880. The molecule has 0 unspecified atom stereocenters. The Hall–Kier alpha value is -2.89. The highest BCUT2D eigenvalue weighted by atomic mass is 16.5. The summed E-state index contributed by atoms with van der Waals surface area (Å²) in [6, 6.07) is 0. The van der Waals surface area contributed by atoms with Gasteiger partial charge in [-0.2, -0.15) is 19.2 Å². The first kappa shape index (κ1) is 36.9. The maximum atomic E-state index is 11.1. The lowest BCUT2D eigenvalue weighted by atomic mass is 10.2. The van der Waals surface area contributed by atoms with E-state index in [4.69, 9.17) is 23.9 Å². The summed E-state index contributed by atoms with van der Waals surface area (Å²) in [5, 5.41) is 0. The van der Waals surface area contributed by atoms with Crippen molar-refractivity contribution in [1.29, 1.82) is 0 Å². The van der Waals surface area contributed by atoms with Gasteiger partial charge in [0.25, 0.3) is 0 Å². The third kappa shape index (κ3) is 51.7. The van der Waals surface area contributed by atoms with Crippen LogP contribution in [-0.2, 0) is 43.0 Å². The monoisotopic (exact) mass is 418 g/mol. The van der Waals surface area contributed by atoms with Gasteiger partial charge in [-0.05, 0) is 33.1 Å². The topological polar surface area (TPSA) is 138 Å². The van der Waals surface area contributed by atoms with E-state index in [9.17, 15) is 14.4 Å². The van der Waals surface area contributed by atoms with Gasteiger partial charge in [0.05, 0.1) is 13.2 Å². The van der Waals surface area contributed by atoms with Crippen LogP contribution in [0.15, 0.2) is 11.6 Å². The molecule has 0 spiro atoms. The molecular formula is C20H34O9. The molecule has 0 aromatic heterocycles. The molecule has 0 rings (SSSR count). The second-order valence-corrected chi connectivity index (χ2v) is 4.51. The van der Waals surface area contributed by atoms with Crippen molar-refractivity contribution in [3.8, 4) is 0 Å². The van der Waals surface area contributed by atoms with E-state index in [0.717, 1.165) is 31.1 Å². The number of carbonyl (C=O) groups is 3. The number of esters is 2. The van der Waals surface area contributed by atoms with E-state index in [1.54, 1.807) is 0 Å². The van der Waals surface area contributed by atoms with E-state index in [0.29, 0.717) is 26.1 Å². The molecule has 0 aromatic carbocycles. The molecule has 0 atom stereocenters. The molecule has 0 fully saturated rings. The molecule has 0 radical (unpaired) electrons. The predicted octanol–water partition coefficient (Wildman–Crippen LogP) is 3.07. The SMILES string of the molecule is CC/C=C(/CC)C(=O)OCC.CCC=O.CCCC(=O)OCC.O=C=O.O=C=O. The first-order valence-electron chi connectivity index (χ1n) is 9.25. The molecule has 0 aliphatic rings. The van der Waals surface area contributed by atoms with Crippen LogP contribution >= 0.6 is 0 Å². The first-order chi connectivity index (χ1) is 13.8. The fourth-order valence-corrected chi connectivity index (χ4v) is 1.28. The Morgan fingerprint density at radius 2 is 1.21 bits per heavy atom. The fourth-order valence-electron chi connectivity index (χ4n) is 1.28. The Morgan fingerprint density at radius 1 is 0.793 bits per heavy atom. The summed E-state index contributed by atoms with van der Waals surface area (Å²) in [4.78, 5) is 63.2. The lowest BCUT2D eigenvalue weighted by Gasteiger charge is -2.02. The van der Waals surface area contributed by atoms with Crippen molar-refractivity contribution in [3.63, 3.8) is 0 Å². The van der Waals surface area contributed by atoms with Crippen molar-refractivity contribution in [1.82, 2.24) is 0 Å². The molecule has 0 aliphatic heterocycles. The number of carbonyl (C=O) groups excluding carboxylic acids is 7. The Labute approximate surface area is 172 Å². The average molecular weight is 418 g/mol. The van der Waals surface area contributed by atoms with Crippen LogP contribution < -0.4 is 0 Å². The van der Waals surface area contributed by atoms with E-state index in [1.807, 2.05) is 47.6 Å². The molecule has 0 aromatic rings. The van der Waals surface area contributed by atoms with Crippen molar-refractivity contribution in [2.75, 3.05) is 13.2 Å². The van der Waals surface area contributed by atoms with Crippen LogP contribution in [0.3, 0.4) is 0 Å². The Bertz CT molecular complexity index is 450.